The van der Waals surface area contributed by atoms with Crippen molar-refractivity contribution in [2.45, 2.75) is 31.2 Å². The second-order valence-electron chi connectivity index (χ2n) is 4.76. The van der Waals surface area contributed by atoms with Gasteiger partial charge in [-0.15, -0.1) is 0 Å². The molecule has 0 fully saturated rings. The zero-order chi connectivity index (χ0) is 16.9. The molecular weight excluding hydrogens is 312 g/mol. The van der Waals surface area contributed by atoms with Gasteiger partial charge in [-0.1, -0.05) is 20.3 Å². The van der Waals surface area contributed by atoms with E-state index in [-0.39, 0.29) is 16.5 Å². The molecule has 0 aliphatic rings. The van der Waals surface area contributed by atoms with Crippen LogP contribution in [0.5, 0.6) is 0 Å². The topological polar surface area (TPSA) is 116 Å². The van der Waals surface area contributed by atoms with Gasteiger partial charge < -0.3 is 4.74 Å². The number of carbonyl (C=O) groups excluding carboxylic acids is 1. The van der Waals surface area contributed by atoms with Gasteiger partial charge in [0.2, 0.25) is 10.0 Å². The minimum atomic E-state index is -3.99. The lowest BCUT2D eigenvalue weighted by molar-refractivity contribution is -0.384. The largest absolute Gasteiger partial charge is 0.468 e. The van der Waals surface area contributed by atoms with E-state index >= 15 is 0 Å². The van der Waals surface area contributed by atoms with Crippen LogP contribution < -0.4 is 4.72 Å². The zero-order valence-electron chi connectivity index (χ0n) is 12.5. The van der Waals surface area contributed by atoms with E-state index in [1.165, 1.54) is 7.11 Å². The number of rotatable bonds is 7. The van der Waals surface area contributed by atoms with Gasteiger partial charge in [0, 0.05) is 12.1 Å². The van der Waals surface area contributed by atoms with Crippen LogP contribution in [-0.4, -0.2) is 32.5 Å². The Morgan fingerprint density at radius 1 is 1.36 bits per heavy atom. The molecule has 0 amide bonds. The third-order valence-corrected chi connectivity index (χ3v) is 4.77. The Labute approximate surface area is 128 Å². The summed E-state index contributed by atoms with van der Waals surface area (Å²) in [6, 6.07) is 3.39. The van der Waals surface area contributed by atoms with E-state index in [1.54, 1.807) is 6.92 Å². The molecule has 1 N–H and O–H groups in total. The molecule has 1 aromatic carbocycles. The predicted octanol–water partition coefficient (Wildman–Crippen LogP) is 1.46. The van der Waals surface area contributed by atoms with E-state index in [9.17, 15) is 23.3 Å². The lowest BCUT2D eigenvalue weighted by atomic mass is 10.0. The van der Waals surface area contributed by atoms with Crippen molar-refractivity contribution in [3.05, 3.63) is 34.4 Å². The van der Waals surface area contributed by atoms with Crippen LogP contribution in [0.1, 0.15) is 20.3 Å². The van der Waals surface area contributed by atoms with Crippen molar-refractivity contribution in [1.82, 2.24) is 4.72 Å². The lowest BCUT2D eigenvalue weighted by Gasteiger charge is -2.21. The maximum absolute atomic E-state index is 12.3. The van der Waals surface area contributed by atoms with Crippen LogP contribution in [0.15, 0.2) is 29.2 Å². The molecule has 0 bridgehead atoms. The number of hydrogen-bond acceptors (Lipinski definition) is 6. The quantitative estimate of drug-likeness (QED) is 0.460. The van der Waals surface area contributed by atoms with E-state index in [0.717, 1.165) is 24.3 Å². The van der Waals surface area contributed by atoms with Crippen LogP contribution in [0, 0.1) is 16.0 Å². The summed E-state index contributed by atoms with van der Waals surface area (Å²) in [6.45, 7) is 3.54. The van der Waals surface area contributed by atoms with Gasteiger partial charge in [-0.3, -0.25) is 14.9 Å². The molecule has 0 radical (unpaired) electrons. The fourth-order valence-electron chi connectivity index (χ4n) is 1.74. The van der Waals surface area contributed by atoms with Gasteiger partial charge in [-0.05, 0) is 18.1 Å². The van der Waals surface area contributed by atoms with Crippen molar-refractivity contribution in [3.63, 3.8) is 0 Å². The minimum Gasteiger partial charge on any atom is -0.468 e. The first-order valence-electron chi connectivity index (χ1n) is 6.57. The molecule has 0 saturated carbocycles. The molecule has 0 aromatic heterocycles. The van der Waals surface area contributed by atoms with Crippen LogP contribution >= 0.6 is 0 Å². The molecule has 8 nitrogen and oxygen atoms in total. The number of nitrogens with zero attached hydrogens (tertiary/aromatic N) is 1. The normalized spacial score (nSPS) is 14.1. The highest BCUT2D eigenvalue weighted by Gasteiger charge is 2.30. The first-order valence-corrected chi connectivity index (χ1v) is 8.05. The van der Waals surface area contributed by atoms with Crippen molar-refractivity contribution in [1.29, 1.82) is 0 Å². The second kappa shape index (κ2) is 7.32. The van der Waals surface area contributed by atoms with Gasteiger partial charge >= 0.3 is 5.97 Å². The Hall–Kier alpha value is -2.00. The maximum Gasteiger partial charge on any atom is 0.324 e. The fourth-order valence-corrected chi connectivity index (χ4v) is 3.03. The fraction of sp³-hybridized carbons (Fsp3) is 0.462. The highest BCUT2D eigenvalue weighted by molar-refractivity contribution is 7.89. The smallest absolute Gasteiger partial charge is 0.324 e. The zero-order valence-corrected chi connectivity index (χ0v) is 13.3. The van der Waals surface area contributed by atoms with Crippen LogP contribution in [0.4, 0.5) is 5.69 Å². The summed E-state index contributed by atoms with van der Waals surface area (Å²) in [4.78, 5) is 21.5. The number of nitrogens with one attached hydrogen (secondary N) is 1. The highest BCUT2D eigenvalue weighted by Crippen LogP contribution is 2.18. The number of nitro benzene ring substituents is 1. The van der Waals surface area contributed by atoms with Crippen molar-refractivity contribution in [2.75, 3.05) is 7.11 Å². The van der Waals surface area contributed by atoms with E-state index in [4.69, 9.17) is 0 Å². The minimum absolute atomic E-state index is 0.157. The van der Waals surface area contributed by atoms with Crippen molar-refractivity contribution < 1.29 is 22.9 Å². The summed E-state index contributed by atoms with van der Waals surface area (Å²) >= 11 is 0. The number of methoxy groups -OCH3 is 1. The molecule has 1 aromatic rings. The van der Waals surface area contributed by atoms with Crippen molar-refractivity contribution in [2.24, 2.45) is 5.92 Å². The molecule has 122 valence electrons. The van der Waals surface area contributed by atoms with Gasteiger partial charge in [0.15, 0.2) is 0 Å². The number of esters is 1. The monoisotopic (exact) mass is 330 g/mol. The molecule has 1 rings (SSSR count). The predicted molar refractivity (Wildman–Crippen MR) is 78.7 cm³/mol. The molecule has 2 atom stereocenters. The lowest BCUT2D eigenvalue weighted by Crippen LogP contribution is -2.45. The molecule has 0 unspecified atom stereocenters. The summed E-state index contributed by atoms with van der Waals surface area (Å²) in [5.41, 5.74) is -0.217. The van der Waals surface area contributed by atoms with Crippen molar-refractivity contribution >= 4 is 21.7 Å². The number of non-ortho nitro benzene ring substituents is 1. The average Bonchev–Trinajstić information content (AvgIpc) is 2.51. The third kappa shape index (κ3) is 4.25. The van der Waals surface area contributed by atoms with Crippen molar-refractivity contribution in [3.8, 4) is 0 Å². The van der Waals surface area contributed by atoms with Gasteiger partial charge in [-0.25, -0.2) is 8.42 Å². The molecule has 0 aliphatic carbocycles. The van der Waals surface area contributed by atoms with E-state index in [0.29, 0.717) is 6.42 Å². The molecular formula is C13H18N2O6S. The Kier molecular flexibility index (Phi) is 6.01. The van der Waals surface area contributed by atoms with E-state index < -0.39 is 27.0 Å². The van der Waals surface area contributed by atoms with Gasteiger partial charge in [-0.2, -0.15) is 4.72 Å². The number of benzene rings is 1. The van der Waals surface area contributed by atoms with Crippen LogP contribution in [0.3, 0.4) is 0 Å². The highest BCUT2D eigenvalue weighted by atomic mass is 32.2. The SMILES string of the molecule is CC[C@H](C)[C@H](NS(=O)(=O)c1ccc([N+](=O)[O-])cc1)C(=O)OC. The summed E-state index contributed by atoms with van der Waals surface area (Å²) in [5.74, 6) is -0.944. The number of carbonyl (C=O) groups is 1. The number of ether oxygens (including phenoxy) is 1. The van der Waals surface area contributed by atoms with Crippen LogP contribution in [-0.2, 0) is 19.6 Å². The summed E-state index contributed by atoms with van der Waals surface area (Å²) < 4.78 is 31.5. The molecule has 0 heterocycles. The Morgan fingerprint density at radius 3 is 2.32 bits per heavy atom. The standard InChI is InChI=1S/C13H18N2O6S/c1-4-9(2)12(13(16)21-3)14-22(19,20)11-7-5-10(6-8-11)15(17)18/h5-9,12,14H,4H2,1-3H3/t9-,12-/m0/s1. The number of sulfonamides is 1. The number of hydrogen-bond donors (Lipinski definition) is 1. The Balaban J connectivity index is 3.06. The Morgan fingerprint density at radius 2 is 1.91 bits per heavy atom. The maximum atomic E-state index is 12.3. The third-order valence-electron chi connectivity index (χ3n) is 3.31. The second-order valence-corrected chi connectivity index (χ2v) is 6.47. The van der Waals surface area contributed by atoms with Gasteiger partial charge in [0.05, 0.1) is 16.9 Å². The molecule has 0 spiro atoms. The molecule has 9 heteroatoms. The molecule has 0 saturated heterocycles. The summed E-state index contributed by atoms with van der Waals surface area (Å²) in [5, 5.41) is 10.6. The van der Waals surface area contributed by atoms with E-state index in [2.05, 4.69) is 9.46 Å². The number of nitro groups is 1. The molecule has 0 aliphatic heterocycles. The van der Waals surface area contributed by atoms with Gasteiger partial charge in [0.25, 0.3) is 5.69 Å². The summed E-state index contributed by atoms with van der Waals surface area (Å²) in [7, 11) is -2.81. The van der Waals surface area contributed by atoms with Crippen LogP contribution in [0.2, 0.25) is 0 Å². The van der Waals surface area contributed by atoms with Gasteiger partial charge in [0.1, 0.15) is 6.04 Å². The van der Waals surface area contributed by atoms with E-state index in [1.807, 2.05) is 6.92 Å². The average molecular weight is 330 g/mol. The first kappa shape index (κ1) is 18.1. The summed E-state index contributed by atoms with van der Waals surface area (Å²) in [6.07, 6.45) is 0.572. The first-order chi connectivity index (χ1) is 10.2. The Bertz CT molecular complexity index is 641. The van der Waals surface area contributed by atoms with Crippen LogP contribution in [0.25, 0.3) is 0 Å². The molecule has 22 heavy (non-hydrogen) atoms.